The highest BCUT2D eigenvalue weighted by Crippen LogP contribution is 2.46. The summed E-state index contributed by atoms with van der Waals surface area (Å²) >= 11 is 0. The molecule has 3 rings (SSSR count). The molecule has 0 bridgehead atoms. The molecule has 0 radical (unpaired) electrons. The molecule has 2 unspecified atom stereocenters. The normalized spacial score (nSPS) is 33.5. The molecular weight excluding hydrogens is 252 g/mol. The van der Waals surface area contributed by atoms with Crippen LogP contribution in [0.5, 0.6) is 0 Å². The van der Waals surface area contributed by atoms with E-state index in [2.05, 4.69) is 6.07 Å². The van der Waals surface area contributed by atoms with Crippen molar-refractivity contribution in [2.75, 3.05) is 0 Å². The third kappa shape index (κ3) is 2.24. The van der Waals surface area contributed by atoms with E-state index < -0.39 is 0 Å². The maximum Gasteiger partial charge on any atom is 0.230 e. The first kappa shape index (κ1) is 13.6. The summed E-state index contributed by atoms with van der Waals surface area (Å²) in [4.78, 5) is 26.5. The van der Waals surface area contributed by atoms with E-state index in [1.807, 2.05) is 0 Å². The average Bonchev–Trinajstić information content (AvgIpc) is 2.86. The number of nitriles is 1. The summed E-state index contributed by atoms with van der Waals surface area (Å²) in [5, 5.41) is 9.18. The van der Waals surface area contributed by atoms with Gasteiger partial charge in [-0.05, 0) is 37.5 Å². The Morgan fingerprint density at radius 3 is 2.25 bits per heavy atom. The smallest absolute Gasteiger partial charge is 0.230 e. The van der Waals surface area contributed by atoms with Crippen molar-refractivity contribution in [3.05, 3.63) is 0 Å². The third-order valence-corrected chi connectivity index (χ3v) is 5.48. The van der Waals surface area contributed by atoms with Gasteiger partial charge >= 0.3 is 0 Å². The zero-order valence-electron chi connectivity index (χ0n) is 11.9. The van der Waals surface area contributed by atoms with Crippen molar-refractivity contribution < 1.29 is 9.59 Å². The van der Waals surface area contributed by atoms with E-state index in [1.165, 1.54) is 11.3 Å². The van der Waals surface area contributed by atoms with Gasteiger partial charge in [0.2, 0.25) is 11.8 Å². The van der Waals surface area contributed by atoms with Crippen LogP contribution < -0.4 is 0 Å². The standard InChI is InChI=1S/C16H22N2O2/c17-11-12-5-4-6-13(12)18-14(19)9-16(10-15(18)20)7-2-1-3-8-16/h12-13H,1-10H2. The van der Waals surface area contributed by atoms with E-state index in [0.717, 1.165) is 44.9 Å². The fourth-order valence-corrected chi connectivity index (χ4v) is 4.44. The molecule has 108 valence electrons. The summed E-state index contributed by atoms with van der Waals surface area (Å²) in [5.41, 5.74) is -0.0519. The van der Waals surface area contributed by atoms with Crippen LogP contribution in [0.15, 0.2) is 0 Å². The Labute approximate surface area is 120 Å². The number of rotatable bonds is 1. The quantitative estimate of drug-likeness (QED) is 0.691. The van der Waals surface area contributed by atoms with Crippen LogP contribution in [-0.4, -0.2) is 22.8 Å². The Bertz CT molecular complexity index is 440. The molecule has 4 heteroatoms. The number of carbonyl (C=O) groups excluding carboxylic acids is 2. The van der Waals surface area contributed by atoms with Crippen molar-refractivity contribution in [2.45, 2.75) is 70.3 Å². The lowest BCUT2D eigenvalue weighted by Crippen LogP contribution is -2.53. The van der Waals surface area contributed by atoms with Gasteiger partial charge in [-0.1, -0.05) is 19.3 Å². The lowest BCUT2D eigenvalue weighted by Gasteiger charge is -2.44. The van der Waals surface area contributed by atoms with E-state index in [4.69, 9.17) is 0 Å². The molecule has 0 aromatic heterocycles. The van der Waals surface area contributed by atoms with Gasteiger partial charge in [-0.25, -0.2) is 0 Å². The topological polar surface area (TPSA) is 61.2 Å². The van der Waals surface area contributed by atoms with Gasteiger partial charge in [0.15, 0.2) is 0 Å². The molecule has 1 saturated heterocycles. The van der Waals surface area contributed by atoms with Gasteiger partial charge < -0.3 is 0 Å². The highest BCUT2D eigenvalue weighted by Gasteiger charge is 2.48. The molecule has 1 spiro atoms. The first-order valence-electron chi connectivity index (χ1n) is 7.90. The number of hydrogen-bond donors (Lipinski definition) is 0. The molecule has 20 heavy (non-hydrogen) atoms. The first-order valence-corrected chi connectivity index (χ1v) is 7.90. The van der Waals surface area contributed by atoms with Crippen LogP contribution in [0, 0.1) is 22.7 Å². The summed E-state index contributed by atoms with van der Waals surface area (Å²) in [6.07, 6.45) is 9.18. The Balaban J connectivity index is 1.77. The zero-order valence-corrected chi connectivity index (χ0v) is 11.9. The van der Waals surface area contributed by atoms with Gasteiger partial charge in [0.25, 0.3) is 0 Å². The summed E-state index contributed by atoms with van der Waals surface area (Å²) in [7, 11) is 0. The van der Waals surface area contributed by atoms with Crippen LogP contribution in [0.1, 0.15) is 64.2 Å². The number of imide groups is 1. The van der Waals surface area contributed by atoms with Crippen molar-refractivity contribution in [2.24, 2.45) is 11.3 Å². The zero-order chi connectivity index (χ0) is 14.2. The molecule has 3 aliphatic rings. The monoisotopic (exact) mass is 274 g/mol. The number of amides is 2. The SMILES string of the molecule is N#CC1CCCC1N1C(=O)CC2(CCCCC2)CC1=O. The minimum absolute atomic E-state index is 0.0182. The van der Waals surface area contributed by atoms with Crippen LogP contribution in [0.2, 0.25) is 0 Å². The molecule has 2 saturated carbocycles. The lowest BCUT2D eigenvalue weighted by atomic mass is 9.67. The second kappa shape index (κ2) is 5.20. The number of carbonyl (C=O) groups is 2. The second-order valence-electron chi connectivity index (χ2n) is 6.81. The number of piperidine rings is 1. The van der Waals surface area contributed by atoms with Crippen molar-refractivity contribution in [1.82, 2.24) is 4.90 Å². The fourth-order valence-electron chi connectivity index (χ4n) is 4.44. The Kier molecular flexibility index (Phi) is 3.54. The highest BCUT2D eigenvalue weighted by atomic mass is 16.2. The largest absolute Gasteiger partial charge is 0.278 e. The summed E-state index contributed by atoms with van der Waals surface area (Å²) in [6.45, 7) is 0. The Morgan fingerprint density at radius 2 is 1.65 bits per heavy atom. The molecule has 0 aromatic carbocycles. The molecule has 1 heterocycles. The molecule has 4 nitrogen and oxygen atoms in total. The minimum Gasteiger partial charge on any atom is -0.278 e. The van der Waals surface area contributed by atoms with E-state index in [1.54, 1.807) is 0 Å². The predicted octanol–water partition coefficient (Wildman–Crippen LogP) is 2.78. The Morgan fingerprint density at radius 1 is 1.00 bits per heavy atom. The molecule has 2 amide bonds. The summed E-state index contributed by atoms with van der Waals surface area (Å²) in [6, 6.07) is 2.13. The van der Waals surface area contributed by atoms with E-state index in [9.17, 15) is 14.9 Å². The van der Waals surface area contributed by atoms with Gasteiger partial charge in [0.1, 0.15) is 0 Å². The van der Waals surface area contributed by atoms with Crippen molar-refractivity contribution in [3.8, 4) is 6.07 Å². The van der Waals surface area contributed by atoms with Crippen molar-refractivity contribution in [3.63, 3.8) is 0 Å². The maximum atomic E-state index is 12.5. The van der Waals surface area contributed by atoms with Crippen LogP contribution in [0.25, 0.3) is 0 Å². The third-order valence-electron chi connectivity index (χ3n) is 5.48. The lowest BCUT2D eigenvalue weighted by molar-refractivity contribution is -0.158. The van der Waals surface area contributed by atoms with Crippen molar-refractivity contribution in [1.29, 1.82) is 5.26 Å². The molecule has 3 fully saturated rings. The highest BCUT2D eigenvalue weighted by molar-refractivity contribution is 5.99. The molecule has 2 aliphatic carbocycles. The number of likely N-dealkylation sites (tertiary alicyclic amines) is 1. The fraction of sp³-hybridized carbons (Fsp3) is 0.812. The Hall–Kier alpha value is -1.37. The molecule has 1 aliphatic heterocycles. The summed E-state index contributed by atoms with van der Waals surface area (Å²) in [5.74, 6) is -0.186. The average molecular weight is 274 g/mol. The van der Waals surface area contributed by atoms with Gasteiger partial charge in [-0.2, -0.15) is 5.26 Å². The van der Waals surface area contributed by atoms with Gasteiger partial charge in [0.05, 0.1) is 18.0 Å². The van der Waals surface area contributed by atoms with Gasteiger partial charge in [-0.15, -0.1) is 0 Å². The first-order chi connectivity index (χ1) is 9.65. The number of nitrogens with zero attached hydrogens (tertiary/aromatic N) is 2. The van der Waals surface area contributed by atoms with Gasteiger partial charge in [-0.3, -0.25) is 14.5 Å². The minimum atomic E-state index is -0.152. The molecule has 0 aromatic rings. The number of hydrogen-bond acceptors (Lipinski definition) is 3. The van der Waals surface area contributed by atoms with Crippen LogP contribution in [0.3, 0.4) is 0 Å². The van der Waals surface area contributed by atoms with Crippen LogP contribution >= 0.6 is 0 Å². The van der Waals surface area contributed by atoms with Crippen LogP contribution in [0.4, 0.5) is 0 Å². The van der Waals surface area contributed by atoms with E-state index >= 15 is 0 Å². The maximum absolute atomic E-state index is 12.5. The van der Waals surface area contributed by atoms with E-state index in [0.29, 0.717) is 12.8 Å². The summed E-state index contributed by atoms with van der Waals surface area (Å²) < 4.78 is 0. The molecule has 2 atom stereocenters. The predicted molar refractivity (Wildman–Crippen MR) is 73.3 cm³/mol. The van der Waals surface area contributed by atoms with Gasteiger partial charge in [0, 0.05) is 12.8 Å². The second-order valence-corrected chi connectivity index (χ2v) is 6.81. The van der Waals surface area contributed by atoms with E-state index in [-0.39, 0.29) is 29.2 Å². The molecular formula is C16H22N2O2. The van der Waals surface area contributed by atoms with Crippen LogP contribution in [-0.2, 0) is 9.59 Å². The van der Waals surface area contributed by atoms with Crippen molar-refractivity contribution >= 4 is 11.8 Å². The molecule has 0 N–H and O–H groups in total.